The van der Waals surface area contributed by atoms with Crippen LogP contribution in [0.5, 0.6) is 5.75 Å². The fourth-order valence-corrected chi connectivity index (χ4v) is 3.56. The van der Waals surface area contributed by atoms with E-state index in [2.05, 4.69) is 29.1 Å². The van der Waals surface area contributed by atoms with Gasteiger partial charge >= 0.3 is 5.97 Å². The molecule has 0 aliphatic carbocycles. The summed E-state index contributed by atoms with van der Waals surface area (Å²) in [5, 5.41) is 11.0. The summed E-state index contributed by atoms with van der Waals surface area (Å²) in [6.07, 6.45) is 10.4. The van der Waals surface area contributed by atoms with Gasteiger partial charge in [0.15, 0.2) is 0 Å². The summed E-state index contributed by atoms with van der Waals surface area (Å²) >= 11 is 0. The number of amides is 1. The van der Waals surface area contributed by atoms with Crippen molar-refractivity contribution in [2.45, 2.75) is 58.3 Å². The van der Waals surface area contributed by atoms with Crippen LogP contribution in [0.2, 0.25) is 0 Å². The molecular weight excluding hydrogens is 506 g/mol. The van der Waals surface area contributed by atoms with Gasteiger partial charge in [-0.15, -0.1) is 0 Å². The van der Waals surface area contributed by atoms with Crippen molar-refractivity contribution in [3.05, 3.63) is 29.8 Å². The molecule has 10 heteroatoms. The zero-order chi connectivity index (χ0) is 28.2. The van der Waals surface area contributed by atoms with Gasteiger partial charge in [0.25, 0.3) is 0 Å². The van der Waals surface area contributed by atoms with E-state index < -0.39 is 12.6 Å². The quantitative estimate of drug-likeness (QED) is 0.149. The van der Waals surface area contributed by atoms with Gasteiger partial charge in [0.2, 0.25) is 5.91 Å². The van der Waals surface area contributed by atoms with Crippen LogP contribution in [-0.4, -0.2) is 96.2 Å². The van der Waals surface area contributed by atoms with E-state index in [0.29, 0.717) is 66.0 Å². The Bertz CT molecular complexity index is 715. The first kappa shape index (κ1) is 34.8. The standard InChI is InChI=1S/C29H49NO9/c1-2-3-4-5-6-7-8-9-26-10-12-27(13-11-26)39-23-22-37-21-20-36-19-18-35-17-16-34-15-14-30-28(31)24-38-25-29(32)33/h10-13H,2-9,14-25H2,1H3,(H,30,31)(H,32,33). The summed E-state index contributed by atoms with van der Waals surface area (Å²) in [5.41, 5.74) is 1.37. The van der Waals surface area contributed by atoms with Crippen LogP contribution >= 0.6 is 0 Å². The molecule has 0 radical (unpaired) electrons. The van der Waals surface area contributed by atoms with Crippen LogP contribution in [0.25, 0.3) is 0 Å². The first-order chi connectivity index (χ1) is 19.1. The number of aliphatic carboxylic acids is 1. The molecule has 0 saturated carbocycles. The first-order valence-corrected chi connectivity index (χ1v) is 14.2. The number of carbonyl (C=O) groups excluding carboxylic acids is 1. The molecule has 0 heterocycles. The van der Waals surface area contributed by atoms with Gasteiger partial charge in [-0.1, -0.05) is 57.6 Å². The van der Waals surface area contributed by atoms with Gasteiger partial charge in [0.1, 0.15) is 25.6 Å². The Hall–Kier alpha value is -2.24. The number of rotatable bonds is 28. The molecule has 10 nitrogen and oxygen atoms in total. The molecule has 1 rings (SSSR count). The molecule has 0 fully saturated rings. The third-order valence-electron chi connectivity index (χ3n) is 5.63. The number of benzene rings is 1. The van der Waals surface area contributed by atoms with Crippen molar-refractivity contribution < 1.29 is 43.1 Å². The lowest BCUT2D eigenvalue weighted by molar-refractivity contribution is -0.143. The number of hydrogen-bond donors (Lipinski definition) is 2. The molecule has 224 valence electrons. The number of nitrogens with one attached hydrogen (secondary N) is 1. The molecule has 0 aliphatic heterocycles. The number of hydrogen-bond acceptors (Lipinski definition) is 8. The highest BCUT2D eigenvalue weighted by Gasteiger charge is 2.03. The average Bonchev–Trinajstić information content (AvgIpc) is 2.93. The molecule has 1 amide bonds. The fraction of sp³-hybridized carbons (Fsp3) is 0.724. The molecule has 0 aromatic heterocycles. The Morgan fingerprint density at radius 1 is 0.667 bits per heavy atom. The maximum atomic E-state index is 11.3. The van der Waals surface area contributed by atoms with Gasteiger partial charge in [0, 0.05) is 6.54 Å². The van der Waals surface area contributed by atoms with Crippen LogP contribution < -0.4 is 10.1 Å². The van der Waals surface area contributed by atoms with Crippen LogP contribution in [0.3, 0.4) is 0 Å². The Morgan fingerprint density at radius 2 is 1.21 bits per heavy atom. The second-order valence-corrected chi connectivity index (χ2v) is 9.05. The number of aryl methyl sites for hydroxylation is 1. The molecule has 0 aliphatic rings. The predicted molar refractivity (Wildman–Crippen MR) is 148 cm³/mol. The van der Waals surface area contributed by atoms with Crippen LogP contribution in [0.15, 0.2) is 24.3 Å². The van der Waals surface area contributed by atoms with E-state index in [9.17, 15) is 9.59 Å². The van der Waals surface area contributed by atoms with Gasteiger partial charge in [0.05, 0.1) is 52.9 Å². The van der Waals surface area contributed by atoms with Crippen LogP contribution in [0.1, 0.15) is 57.4 Å². The maximum Gasteiger partial charge on any atom is 0.329 e. The van der Waals surface area contributed by atoms with Gasteiger partial charge in [-0.2, -0.15) is 0 Å². The highest BCUT2D eigenvalue weighted by molar-refractivity contribution is 5.77. The van der Waals surface area contributed by atoms with Crippen LogP contribution in [0.4, 0.5) is 0 Å². The summed E-state index contributed by atoms with van der Waals surface area (Å²) in [6.45, 7) is 5.85. The summed E-state index contributed by atoms with van der Waals surface area (Å²) in [4.78, 5) is 21.6. The molecule has 1 aromatic rings. The van der Waals surface area contributed by atoms with Gasteiger partial charge in [-0.05, 0) is 30.5 Å². The summed E-state index contributed by atoms with van der Waals surface area (Å²) in [6, 6.07) is 8.37. The highest BCUT2D eigenvalue weighted by atomic mass is 16.6. The number of carbonyl (C=O) groups is 2. The van der Waals surface area contributed by atoms with Crippen molar-refractivity contribution in [2.75, 3.05) is 79.2 Å². The minimum Gasteiger partial charge on any atom is -0.491 e. The SMILES string of the molecule is CCCCCCCCCc1ccc(OCCOCCOCCOCCOCCNC(=O)COCC(=O)O)cc1. The van der Waals surface area contributed by atoms with E-state index >= 15 is 0 Å². The van der Waals surface area contributed by atoms with Gasteiger partial charge in [-0.3, -0.25) is 4.79 Å². The van der Waals surface area contributed by atoms with E-state index in [1.54, 1.807) is 0 Å². The lowest BCUT2D eigenvalue weighted by Crippen LogP contribution is -2.31. The lowest BCUT2D eigenvalue weighted by atomic mass is 10.0. The molecular formula is C29H49NO9. The average molecular weight is 556 g/mol. The zero-order valence-corrected chi connectivity index (χ0v) is 23.7. The molecule has 0 atom stereocenters. The van der Waals surface area contributed by atoms with E-state index in [1.165, 1.54) is 50.5 Å². The maximum absolute atomic E-state index is 11.3. The van der Waals surface area contributed by atoms with E-state index in [0.717, 1.165) is 12.2 Å². The third kappa shape index (κ3) is 23.4. The molecule has 0 unspecified atom stereocenters. The predicted octanol–water partition coefficient (Wildman–Crippen LogP) is 3.64. The lowest BCUT2D eigenvalue weighted by Gasteiger charge is -2.09. The third-order valence-corrected chi connectivity index (χ3v) is 5.63. The van der Waals surface area contributed by atoms with Crippen LogP contribution in [-0.2, 0) is 39.7 Å². The van der Waals surface area contributed by atoms with E-state index in [1.807, 2.05) is 12.1 Å². The van der Waals surface area contributed by atoms with Crippen molar-refractivity contribution in [2.24, 2.45) is 0 Å². The van der Waals surface area contributed by atoms with Crippen molar-refractivity contribution in [1.29, 1.82) is 0 Å². The van der Waals surface area contributed by atoms with E-state index in [4.69, 9.17) is 28.8 Å². The zero-order valence-electron chi connectivity index (χ0n) is 23.7. The van der Waals surface area contributed by atoms with Crippen molar-refractivity contribution in [3.63, 3.8) is 0 Å². The molecule has 0 saturated heterocycles. The minimum absolute atomic E-state index is 0.290. The highest BCUT2D eigenvalue weighted by Crippen LogP contribution is 2.15. The Kier molecular flexibility index (Phi) is 23.2. The summed E-state index contributed by atoms with van der Waals surface area (Å²) < 4.78 is 32.2. The fourth-order valence-electron chi connectivity index (χ4n) is 3.56. The Morgan fingerprint density at radius 3 is 1.79 bits per heavy atom. The second-order valence-electron chi connectivity index (χ2n) is 9.05. The smallest absolute Gasteiger partial charge is 0.329 e. The second kappa shape index (κ2) is 26.0. The van der Waals surface area contributed by atoms with Crippen molar-refractivity contribution >= 4 is 11.9 Å². The first-order valence-electron chi connectivity index (χ1n) is 14.2. The number of unbranched alkanes of at least 4 members (excludes halogenated alkanes) is 6. The van der Waals surface area contributed by atoms with E-state index in [-0.39, 0.29) is 12.5 Å². The largest absolute Gasteiger partial charge is 0.491 e. The van der Waals surface area contributed by atoms with Crippen molar-refractivity contribution in [1.82, 2.24) is 5.32 Å². The Labute approximate surface area is 233 Å². The molecule has 0 spiro atoms. The van der Waals surface area contributed by atoms with Crippen molar-refractivity contribution in [3.8, 4) is 5.75 Å². The molecule has 1 aromatic carbocycles. The van der Waals surface area contributed by atoms with Gasteiger partial charge < -0.3 is 38.8 Å². The van der Waals surface area contributed by atoms with Gasteiger partial charge in [-0.25, -0.2) is 4.79 Å². The summed E-state index contributed by atoms with van der Waals surface area (Å²) in [7, 11) is 0. The minimum atomic E-state index is -1.11. The molecule has 0 bridgehead atoms. The monoisotopic (exact) mass is 555 g/mol. The normalized spacial score (nSPS) is 11.0. The Balaban J connectivity index is 1.81. The topological polar surface area (TPSA) is 122 Å². The summed E-state index contributed by atoms with van der Waals surface area (Å²) in [5.74, 6) is -0.633. The molecule has 2 N–H and O–H groups in total. The van der Waals surface area contributed by atoms with Crippen LogP contribution in [0, 0.1) is 0 Å². The number of carboxylic acids is 1. The number of ether oxygens (including phenoxy) is 6. The molecule has 39 heavy (non-hydrogen) atoms. The number of carboxylic acid groups (broad SMARTS) is 1.